The minimum absolute atomic E-state index is 0.0681. The van der Waals surface area contributed by atoms with Gasteiger partial charge in [0, 0.05) is 24.2 Å². The van der Waals surface area contributed by atoms with Gasteiger partial charge in [0.15, 0.2) is 5.78 Å². The van der Waals surface area contributed by atoms with E-state index in [-0.39, 0.29) is 11.6 Å². The molecule has 2 nitrogen and oxygen atoms in total. The van der Waals surface area contributed by atoms with E-state index >= 15 is 0 Å². The van der Waals surface area contributed by atoms with Crippen LogP contribution in [0.5, 0.6) is 0 Å². The molecule has 1 N–H and O–H groups in total. The van der Waals surface area contributed by atoms with Crippen molar-refractivity contribution < 1.29 is 9.18 Å². The number of carbonyl (C=O) groups excluding carboxylic acids is 1. The first-order chi connectivity index (χ1) is 11.7. The molecule has 0 aliphatic rings. The maximum absolute atomic E-state index is 13.1. The number of rotatable bonds is 6. The molecule has 0 fully saturated rings. The maximum Gasteiger partial charge on any atom is 0.164 e. The Morgan fingerprint density at radius 3 is 2.25 bits per heavy atom. The average Bonchev–Trinajstić information content (AvgIpc) is 2.63. The lowest BCUT2D eigenvalue weighted by atomic mass is 10.0. The van der Waals surface area contributed by atoms with E-state index in [1.165, 1.54) is 12.1 Å². The van der Waals surface area contributed by atoms with E-state index in [1.54, 1.807) is 12.1 Å². The number of benzene rings is 3. The van der Waals surface area contributed by atoms with Gasteiger partial charge in [-0.05, 0) is 29.3 Å². The highest BCUT2D eigenvalue weighted by molar-refractivity contribution is 5.96. The summed E-state index contributed by atoms with van der Waals surface area (Å²) < 4.78 is 13.1. The lowest BCUT2D eigenvalue weighted by Gasteiger charge is -2.07. The largest absolute Gasteiger partial charge is 0.385 e. The van der Waals surface area contributed by atoms with Crippen LogP contribution in [0.4, 0.5) is 10.1 Å². The summed E-state index contributed by atoms with van der Waals surface area (Å²) in [6, 6.07) is 23.9. The van der Waals surface area contributed by atoms with Crippen LogP contribution < -0.4 is 5.32 Å². The number of ketones is 1. The van der Waals surface area contributed by atoms with Crippen molar-refractivity contribution in [3.8, 4) is 11.1 Å². The van der Waals surface area contributed by atoms with Crippen molar-refractivity contribution in [2.24, 2.45) is 0 Å². The Bertz CT molecular complexity index is 813. The Hall–Kier alpha value is -2.94. The molecule has 0 saturated heterocycles. The lowest BCUT2D eigenvalue weighted by Crippen LogP contribution is -2.09. The van der Waals surface area contributed by atoms with Crippen LogP contribution in [-0.2, 0) is 0 Å². The van der Waals surface area contributed by atoms with E-state index < -0.39 is 0 Å². The first-order valence-corrected chi connectivity index (χ1v) is 7.90. The molecule has 0 heterocycles. The van der Waals surface area contributed by atoms with Gasteiger partial charge in [0.1, 0.15) is 5.82 Å². The Morgan fingerprint density at radius 2 is 1.54 bits per heavy atom. The second kappa shape index (κ2) is 7.55. The fourth-order valence-corrected chi connectivity index (χ4v) is 2.54. The van der Waals surface area contributed by atoms with Crippen LogP contribution in [-0.4, -0.2) is 12.3 Å². The number of carbonyl (C=O) groups is 1. The Morgan fingerprint density at radius 1 is 0.833 bits per heavy atom. The van der Waals surface area contributed by atoms with Gasteiger partial charge in [0.2, 0.25) is 0 Å². The van der Waals surface area contributed by atoms with Crippen LogP contribution in [0.15, 0.2) is 78.9 Å². The summed E-state index contributed by atoms with van der Waals surface area (Å²) in [6.45, 7) is 0.475. The Balaban J connectivity index is 1.57. The molecule has 24 heavy (non-hydrogen) atoms. The summed E-state index contributed by atoms with van der Waals surface area (Å²) in [7, 11) is 0. The molecule has 0 radical (unpaired) electrons. The van der Waals surface area contributed by atoms with E-state index in [1.807, 2.05) is 54.6 Å². The molecule has 3 aromatic rings. The van der Waals surface area contributed by atoms with Gasteiger partial charge in [-0.3, -0.25) is 4.79 Å². The van der Waals surface area contributed by atoms with Gasteiger partial charge in [-0.2, -0.15) is 0 Å². The molecule has 0 spiro atoms. The number of hydrogen-bond acceptors (Lipinski definition) is 2. The smallest absolute Gasteiger partial charge is 0.164 e. The first-order valence-electron chi connectivity index (χ1n) is 7.90. The van der Waals surface area contributed by atoms with Gasteiger partial charge in [-0.15, -0.1) is 0 Å². The van der Waals surface area contributed by atoms with E-state index in [9.17, 15) is 9.18 Å². The van der Waals surface area contributed by atoms with Crippen LogP contribution in [0.3, 0.4) is 0 Å². The van der Waals surface area contributed by atoms with Gasteiger partial charge in [0.05, 0.1) is 0 Å². The zero-order valence-electron chi connectivity index (χ0n) is 13.2. The second-order valence-electron chi connectivity index (χ2n) is 5.55. The standard InChI is InChI=1S/C21H18FNO/c22-19-7-4-8-20(15-19)23-14-13-21(24)18-11-9-17(10-12-18)16-5-2-1-3-6-16/h1-12,15,23H,13-14H2. The normalized spacial score (nSPS) is 10.4. The Kier molecular flexibility index (Phi) is 5.02. The lowest BCUT2D eigenvalue weighted by molar-refractivity contribution is 0.0986. The third kappa shape index (κ3) is 4.07. The molecule has 120 valence electrons. The highest BCUT2D eigenvalue weighted by atomic mass is 19.1. The number of halogens is 1. The summed E-state index contributed by atoms with van der Waals surface area (Å²) in [5.74, 6) is -0.221. The van der Waals surface area contributed by atoms with Gasteiger partial charge >= 0.3 is 0 Å². The first kappa shape index (κ1) is 15.9. The number of hydrogen-bond donors (Lipinski definition) is 1. The SMILES string of the molecule is O=C(CCNc1cccc(F)c1)c1ccc(-c2ccccc2)cc1. The van der Waals surface area contributed by atoms with Crippen molar-refractivity contribution in [2.45, 2.75) is 6.42 Å². The van der Waals surface area contributed by atoms with Crippen molar-refractivity contribution in [3.05, 3.63) is 90.2 Å². The van der Waals surface area contributed by atoms with Gasteiger partial charge < -0.3 is 5.32 Å². The van der Waals surface area contributed by atoms with Gasteiger partial charge in [0.25, 0.3) is 0 Å². The fourth-order valence-electron chi connectivity index (χ4n) is 2.54. The van der Waals surface area contributed by atoms with Crippen LogP contribution in [0.25, 0.3) is 11.1 Å². The molecule has 3 rings (SSSR count). The highest BCUT2D eigenvalue weighted by Crippen LogP contribution is 2.19. The van der Waals surface area contributed by atoms with Crippen LogP contribution >= 0.6 is 0 Å². The van der Waals surface area contributed by atoms with E-state index in [0.29, 0.717) is 24.2 Å². The maximum atomic E-state index is 13.1. The quantitative estimate of drug-likeness (QED) is 0.634. The molecule has 0 aliphatic heterocycles. The molecule has 0 unspecified atom stereocenters. The zero-order valence-corrected chi connectivity index (χ0v) is 13.2. The highest BCUT2D eigenvalue weighted by Gasteiger charge is 2.06. The molecule has 0 atom stereocenters. The van der Waals surface area contributed by atoms with E-state index in [2.05, 4.69) is 5.32 Å². The molecular weight excluding hydrogens is 301 g/mol. The minimum Gasteiger partial charge on any atom is -0.385 e. The average molecular weight is 319 g/mol. The molecule has 0 saturated carbocycles. The van der Waals surface area contributed by atoms with Crippen LogP contribution in [0.2, 0.25) is 0 Å². The topological polar surface area (TPSA) is 29.1 Å². The Labute approximate surface area is 141 Å². The predicted octanol–water partition coefficient (Wildman–Crippen LogP) is 5.18. The van der Waals surface area contributed by atoms with Crippen molar-refractivity contribution in [3.63, 3.8) is 0 Å². The third-order valence-electron chi connectivity index (χ3n) is 3.82. The molecular formula is C21H18FNO. The summed E-state index contributed by atoms with van der Waals surface area (Å²) in [5, 5.41) is 3.06. The van der Waals surface area contributed by atoms with Crippen molar-refractivity contribution >= 4 is 11.5 Å². The summed E-state index contributed by atoms with van der Waals surface area (Å²) >= 11 is 0. The van der Waals surface area contributed by atoms with Crippen LogP contribution in [0, 0.1) is 5.82 Å². The van der Waals surface area contributed by atoms with Gasteiger partial charge in [-0.1, -0.05) is 60.7 Å². The molecule has 0 aromatic heterocycles. The fraction of sp³-hybridized carbons (Fsp3) is 0.0952. The second-order valence-corrected chi connectivity index (χ2v) is 5.55. The monoisotopic (exact) mass is 319 g/mol. The summed E-state index contributed by atoms with van der Waals surface area (Å²) in [4.78, 5) is 12.2. The zero-order chi connectivity index (χ0) is 16.8. The predicted molar refractivity (Wildman–Crippen MR) is 95.7 cm³/mol. The van der Waals surface area contributed by atoms with E-state index in [0.717, 1.165) is 11.1 Å². The number of Topliss-reactive ketones (excluding diaryl/α,β-unsaturated/α-hetero) is 1. The summed E-state index contributed by atoms with van der Waals surface area (Å²) in [6.07, 6.45) is 0.362. The van der Waals surface area contributed by atoms with Crippen molar-refractivity contribution in [1.29, 1.82) is 0 Å². The summed E-state index contributed by atoms with van der Waals surface area (Å²) in [5.41, 5.74) is 3.59. The molecule has 3 aromatic carbocycles. The van der Waals surface area contributed by atoms with Crippen molar-refractivity contribution in [2.75, 3.05) is 11.9 Å². The van der Waals surface area contributed by atoms with Crippen molar-refractivity contribution in [1.82, 2.24) is 0 Å². The number of anilines is 1. The van der Waals surface area contributed by atoms with Gasteiger partial charge in [-0.25, -0.2) is 4.39 Å². The molecule has 0 aliphatic carbocycles. The number of nitrogens with one attached hydrogen (secondary N) is 1. The molecule has 3 heteroatoms. The minimum atomic E-state index is -0.289. The van der Waals surface area contributed by atoms with Crippen LogP contribution in [0.1, 0.15) is 16.8 Å². The van der Waals surface area contributed by atoms with E-state index in [4.69, 9.17) is 0 Å². The molecule has 0 amide bonds. The third-order valence-corrected chi connectivity index (χ3v) is 3.82. The molecule has 0 bridgehead atoms.